The van der Waals surface area contributed by atoms with Crippen LogP contribution in [0.2, 0.25) is 0 Å². The van der Waals surface area contributed by atoms with Gasteiger partial charge in [-0.25, -0.2) is 4.98 Å². The van der Waals surface area contributed by atoms with E-state index in [1.54, 1.807) is 6.20 Å². The summed E-state index contributed by atoms with van der Waals surface area (Å²) in [5.74, 6) is -0.868. The molecule has 0 amide bonds. The van der Waals surface area contributed by atoms with Gasteiger partial charge < -0.3 is 9.47 Å². The molecule has 0 bridgehead atoms. The first-order valence-corrected chi connectivity index (χ1v) is 9.44. The van der Waals surface area contributed by atoms with Crippen molar-refractivity contribution in [1.82, 2.24) is 10.3 Å². The number of carbonyl (C=O) groups is 2. The number of aromatic nitrogens is 1. The lowest BCUT2D eigenvalue weighted by Gasteiger charge is -2.29. The minimum atomic E-state index is -0.902. The monoisotopic (exact) mass is 368 g/mol. The quantitative estimate of drug-likeness (QED) is 0.805. The number of esters is 2. The van der Waals surface area contributed by atoms with E-state index in [4.69, 9.17) is 9.47 Å². The zero-order chi connectivity index (χ0) is 18.8. The molecule has 0 aliphatic carbocycles. The molecule has 2 rings (SSSR count). The van der Waals surface area contributed by atoms with E-state index in [0.717, 1.165) is 5.01 Å². The molecular formula is C18H28N2O4S. The van der Waals surface area contributed by atoms with Gasteiger partial charge in [-0.1, -0.05) is 13.8 Å². The van der Waals surface area contributed by atoms with Crippen molar-refractivity contribution in [2.45, 2.75) is 64.6 Å². The highest BCUT2D eigenvalue weighted by Gasteiger charge is 2.55. The van der Waals surface area contributed by atoms with Crippen LogP contribution in [-0.2, 0) is 19.1 Å². The van der Waals surface area contributed by atoms with Crippen molar-refractivity contribution in [2.75, 3.05) is 7.11 Å². The molecule has 1 aromatic heterocycles. The molecule has 0 saturated carbocycles. The van der Waals surface area contributed by atoms with E-state index >= 15 is 0 Å². The van der Waals surface area contributed by atoms with Crippen molar-refractivity contribution in [3.63, 3.8) is 0 Å². The number of thiazole rings is 1. The number of ether oxygens (including phenoxy) is 2. The maximum atomic E-state index is 12.8. The number of nitrogens with one attached hydrogen (secondary N) is 1. The first kappa shape index (κ1) is 19.8. The Balaban J connectivity index is 2.38. The standard InChI is InChI=1S/C18H28N2O4S/c1-11(2)9-18(16(22)23-6)10-12(15(21)24-17(3,4)5)13(20-18)14-19-7-8-25-14/h7-8,11-13,20H,9-10H2,1-6H3. The third kappa shape index (κ3) is 4.58. The van der Waals surface area contributed by atoms with E-state index in [1.807, 2.05) is 40.0 Å². The van der Waals surface area contributed by atoms with Crippen molar-refractivity contribution in [3.05, 3.63) is 16.6 Å². The van der Waals surface area contributed by atoms with Crippen molar-refractivity contribution >= 4 is 23.3 Å². The number of rotatable bonds is 5. The van der Waals surface area contributed by atoms with E-state index in [2.05, 4.69) is 10.3 Å². The SMILES string of the molecule is COC(=O)C1(CC(C)C)CC(C(=O)OC(C)(C)C)C(c2nccs2)N1. The predicted molar refractivity (Wildman–Crippen MR) is 96.1 cm³/mol. The van der Waals surface area contributed by atoms with Crippen LogP contribution in [0, 0.1) is 11.8 Å². The lowest BCUT2D eigenvalue weighted by Crippen LogP contribution is -2.49. The van der Waals surface area contributed by atoms with Gasteiger partial charge in [0.25, 0.3) is 0 Å². The molecule has 7 heteroatoms. The van der Waals surface area contributed by atoms with Crippen molar-refractivity contribution in [3.8, 4) is 0 Å². The molecule has 1 fully saturated rings. The van der Waals surface area contributed by atoms with Gasteiger partial charge >= 0.3 is 11.9 Å². The largest absolute Gasteiger partial charge is 0.468 e. The summed E-state index contributed by atoms with van der Waals surface area (Å²) in [6, 6.07) is -0.354. The van der Waals surface area contributed by atoms with E-state index in [0.29, 0.717) is 12.8 Å². The normalized spacial score (nSPS) is 26.7. The molecule has 2 heterocycles. The Kier molecular flexibility index (Phi) is 5.89. The summed E-state index contributed by atoms with van der Waals surface area (Å²) < 4.78 is 10.7. The molecule has 25 heavy (non-hydrogen) atoms. The molecule has 0 radical (unpaired) electrons. The second-order valence-electron chi connectivity index (χ2n) is 8.01. The molecule has 140 valence electrons. The van der Waals surface area contributed by atoms with Crippen LogP contribution < -0.4 is 5.32 Å². The molecule has 3 atom stereocenters. The van der Waals surface area contributed by atoms with Crippen molar-refractivity contribution in [2.24, 2.45) is 11.8 Å². The minimum absolute atomic E-state index is 0.265. The number of methoxy groups -OCH3 is 1. The van der Waals surface area contributed by atoms with Gasteiger partial charge in [-0.3, -0.25) is 14.9 Å². The summed E-state index contributed by atoms with van der Waals surface area (Å²) >= 11 is 1.46. The number of nitrogens with zero attached hydrogens (tertiary/aromatic N) is 1. The van der Waals surface area contributed by atoms with E-state index < -0.39 is 17.1 Å². The van der Waals surface area contributed by atoms with Crippen LogP contribution in [0.15, 0.2) is 11.6 Å². The third-order valence-corrected chi connectivity index (χ3v) is 5.02. The number of hydrogen-bond acceptors (Lipinski definition) is 7. The topological polar surface area (TPSA) is 77.5 Å². The smallest absolute Gasteiger partial charge is 0.326 e. The van der Waals surface area contributed by atoms with Gasteiger partial charge in [0.05, 0.1) is 19.1 Å². The fourth-order valence-electron chi connectivity index (χ4n) is 3.43. The fraction of sp³-hybridized carbons (Fsp3) is 0.722. The first-order chi connectivity index (χ1) is 11.6. The molecule has 0 aromatic carbocycles. The molecule has 1 N–H and O–H groups in total. The van der Waals surface area contributed by atoms with Gasteiger partial charge in [0.15, 0.2) is 0 Å². The minimum Gasteiger partial charge on any atom is -0.468 e. The highest BCUT2D eigenvalue weighted by atomic mass is 32.1. The molecule has 1 aliphatic rings. The molecule has 1 saturated heterocycles. The second kappa shape index (κ2) is 7.41. The van der Waals surface area contributed by atoms with Gasteiger partial charge in [0, 0.05) is 11.6 Å². The molecule has 1 aliphatic heterocycles. The second-order valence-corrected chi connectivity index (χ2v) is 8.93. The zero-order valence-corrected chi connectivity index (χ0v) is 16.6. The van der Waals surface area contributed by atoms with E-state index in [9.17, 15) is 9.59 Å². The Bertz CT molecular complexity index is 609. The van der Waals surface area contributed by atoms with Crippen LogP contribution in [-0.4, -0.2) is 35.2 Å². The number of carbonyl (C=O) groups excluding carboxylic acids is 2. The van der Waals surface area contributed by atoms with Crippen LogP contribution >= 0.6 is 11.3 Å². The van der Waals surface area contributed by atoms with Crippen LogP contribution in [0.1, 0.15) is 58.5 Å². The maximum Gasteiger partial charge on any atom is 0.326 e. The molecular weight excluding hydrogens is 340 g/mol. The highest BCUT2D eigenvalue weighted by molar-refractivity contribution is 7.09. The Morgan fingerprint density at radius 3 is 2.60 bits per heavy atom. The Hall–Kier alpha value is -1.47. The Morgan fingerprint density at radius 1 is 1.44 bits per heavy atom. The molecule has 3 unspecified atom stereocenters. The Labute approximate surface area is 153 Å². The van der Waals surface area contributed by atoms with Crippen LogP contribution in [0.3, 0.4) is 0 Å². The summed E-state index contributed by atoms with van der Waals surface area (Å²) in [7, 11) is 1.38. The fourth-order valence-corrected chi connectivity index (χ4v) is 4.18. The van der Waals surface area contributed by atoms with Gasteiger partial charge in [0.2, 0.25) is 0 Å². The molecule has 1 aromatic rings. The van der Waals surface area contributed by atoms with Crippen molar-refractivity contribution < 1.29 is 19.1 Å². The average molecular weight is 368 g/mol. The summed E-state index contributed by atoms with van der Waals surface area (Å²) in [6.45, 7) is 9.62. The van der Waals surface area contributed by atoms with Gasteiger partial charge in [0.1, 0.15) is 16.1 Å². The maximum absolute atomic E-state index is 12.8. The average Bonchev–Trinajstić information content (AvgIpc) is 3.11. The zero-order valence-electron chi connectivity index (χ0n) is 15.8. The van der Waals surface area contributed by atoms with Crippen LogP contribution in [0.25, 0.3) is 0 Å². The van der Waals surface area contributed by atoms with E-state index in [-0.39, 0.29) is 23.9 Å². The van der Waals surface area contributed by atoms with Gasteiger partial charge in [-0.2, -0.15) is 0 Å². The first-order valence-electron chi connectivity index (χ1n) is 8.56. The van der Waals surface area contributed by atoms with Gasteiger partial charge in [-0.15, -0.1) is 11.3 Å². The Morgan fingerprint density at radius 2 is 2.12 bits per heavy atom. The van der Waals surface area contributed by atoms with E-state index in [1.165, 1.54) is 18.4 Å². The molecule has 6 nitrogen and oxygen atoms in total. The summed E-state index contributed by atoms with van der Waals surface area (Å²) in [5.41, 5.74) is -1.49. The number of hydrogen-bond donors (Lipinski definition) is 1. The molecule has 0 spiro atoms. The lowest BCUT2D eigenvalue weighted by atomic mass is 9.84. The summed E-state index contributed by atoms with van der Waals surface area (Å²) in [5, 5.41) is 6.03. The van der Waals surface area contributed by atoms with Crippen LogP contribution in [0.4, 0.5) is 0 Å². The van der Waals surface area contributed by atoms with Crippen molar-refractivity contribution in [1.29, 1.82) is 0 Å². The summed E-state index contributed by atoms with van der Waals surface area (Å²) in [4.78, 5) is 29.8. The summed E-state index contributed by atoms with van der Waals surface area (Å²) in [6.07, 6.45) is 2.63. The lowest BCUT2D eigenvalue weighted by molar-refractivity contribution is -0.160. The predicted octanol–water partition coefficient (Wildman–Crippen LogP) is 3.09. The van der Waals surface area contributed by atoms with Crippen LogP contribution in [0.5, 0.6) is 0 Å². The highest BCUT2D eigenvalue weighted by Crippen LogP contribution is 2.43. The third-order valence-electron chi connectivity index (χ3n) is 4.16. The van der Waals surface area contributed by atoms with Gasteiger partial charge in [-0.05, 0) is 39.5 Å².